The van der Waals surface area contributed by atoms with E-state index in [1.165, 1.54) is 15.9 Å². The van der Waals surface area contributed by atoms with E-state index in [0.29, 0.717) is 21.1 Å². The number of fused-ring (bicyclic) bond motifs is 1. The Morgan fingerprint density at radius 1 is 1.09 bits per heavy atom. The minimum Gasteiger partial charge on any atom is -0.307 e. The van der Waals surface area contributed by atoms with E-state index in [9.17, 15) is 14.4 Å². The molecule has 0 radical (unpaired) electrons. The van der Waals surface area contributed by atoms with Gasteiger partial charge in [-0.15, -0.1) is 11.3 Å². The zero-order valence-electron chi connectivity index (χ0n) is 18.3. The van der Waals surface area contributed by atoms with Crippen LogP contribution in [0.5, 0.6) is 0 Å². The first kappa shape index (κ1) is 22.8. The third kappa shape index (κ3) is 5.15. The number of nitrogens with zero attached hydrogens (tertiary/aromatic N) is 2. The first-order valence-corrected chi connectivity index (χ1v) is 12.0. The lowest BCUT2D eigenvalue weighted by Crippen LogP contribution is -2.35. The van der Waals surface area contributed by atoms with Crippen molar-refractivity contribution in [3.63, 3.8) is 0 Å². The second-order valence-electron chi connectivity index (χ2n) is 7.56. The molecular weight excluding hydrogens is 456 g/mol. The summed E-state index contributed by atoms with van der Waals surface area (Å²) in [6.07, 6.45) is 0. The molecule has 2 aromatic carbocycles. The van der Waals surface area contributed by atoms with E-state index < -0.39 is 11.9 Å². The van der Waals surface area contributed by atoms with Crippen LogP contribution in [0.15, 0.2) is 64.5 Å². The van der Waals surface area contributed by atoms with Gasteiger partial charge in [0.05, 0.1) is 11.1 Å². The molecule has 0 aliphatic rings. The number of rotatable bonds is 5. The molecule has 0 aliphatic heterocycles. The van der Waals surface area contributed by atoms with E-state index in [1.807, 2.05) is 62.4 Å². The summed E-state index contributed by atoms with van der Waals surface area (Å²) in [5.74, 6) is -0.531. The van der Waals surface area contributed by atoms with Crippen molar-refractivity contribution in [2.75, 3.05) is 11.1 Å². The maximum atomic E-state index is 12.8. The molecule has 2 aromatic heterocycles. The summed E-state index contributed by atoms with van der Waals surface area (Å²) >= 11 is 2.54. The molecule has 4 rings (SSSR count). The first-order valence-electron chi connectivity index (χ1n) is 10.2. The highest BCUT2D eigenvalue weighted by Crippen LogP contribution is 2.31. The zero-order valence-corrected chi connectivity index (χ0v) is 20.0. The van der Waals surface area contributed by atoms with Gasteiger partial charge in [0.2, 0.25) is 5.91 Å². The monoisotopic (exact) mass is 478 g/mol. The normalized spacial score (nSPS) is 10.9. The quantitative estimate of drug-likeness (QED) is 0.320. The van der Waals surface area contributed by atoms with Crippen molar-refractivity contribution in [3.8, 4) is 10.4 Å². The van der Waals surface area contributed by atoms with Gasteiger partial charge < -0.3 is 5.32 Å². The molecule has 0 saturated carbocycles. The number of hydrogen-bond donors (Lipinski definition) is 2. The Balaban J connectivity index is 1.44. The minimum absolute atomic E-state index is 0.0526. The molecule has 2 heterocycles. The number of carbonyl (C=O) groups is 2. The van der Waals surface area contributed by atoms with Gasteiger partial charge in [-0.25, -0.2) is 9.78 Å². The van der Waals surface area contributed by atoms with Crippen molar-refractivity contribution in [2.45, 2.75) is 19.0 Å². The second-order valence-corrected chi connectivity index (χ2v) is 9.54. The molecule has 4 aromatic rings. The van der Waals surface area contributed by atoms with Gasteiger partial charge in [0.25, 0.3) is 5.56 Å². The molecule has 33 heavy (non-hydrogen) atoms. The van der Waals surface area contributed by atoms with E-state index in [1.54, 1.807) is 13.1 Å². The molecule has 0 aliphatic carbocycles. The maximum Gasteiger partial charge on any atom is 0.325 e. The molecule has 0 saturated heterocycles. The molecular formula is C24H22N4O3S2. The lowest BCUT2D eigenvalue weighted by atomic mass is 10.1. The average Bonchev–Trinajstić information content (AvgIpc) is 3.22. The van der Waals surface area contributed by atoms with Gasteiger partial charge in [0.15, 0.2) is 5.16 Å². The van der Waals surface area contributed by atoms with E-state index >= 15 is 0 Å². The standard InChI is InChI=1S/C24H22N4O3S2/c1-14-9-10-18(15(2)11-14)25-23(31)26-20(29)13-32-24-27-21-17(22(30)28(24)3)12-19(33-21)16-7-5-4-6-8-16/h4-12H,13H2,1-3H3,(H2,25,26,29,31). The molecule has 9 heteroatoms. The average molecular weight is 479 g/mol. The topological polar surface area (TPSA) is 93.1 Å². The Labute approximate surface area is 198 Å². The number of amides is 3. The number of thioether (sulfide) groups is 1. The van der Waals surface area contributed by atoms with Crippen LogP contribution in [-0.2, 0) is 11.8 Å². The highest BCUT2D eigenvalue weighted by molar-refractivity contribution is 7.99. The predicted molar refractivity (Wildman–Crippen MR) is 134 cm³/mol. The van der Waals surface area contributed by atoms with Gasteiger partial charge in [-0.1, -0.05) is 59.8 Å². The number of thiophene rings is 1. The highest BCUT2D eigenvalue weighted by atomic mass is 32.2. The van der Waals surface area contributed by atoms with Crippen LogP contribution in [0.25, 0.3) is 20.7 Å². The predicted octanol–water partition coefficient (Wildman–Crippen LogP) is 4.72. The van der Waals surface area contributed by atoms with Crippen molar-refractivity contribution in [1.29, 1.82) is 0 Å². The summed E-state index contributed by atoms with van der Waals surface area (Å²) in [6, 6.07) is 16.7. The van der Waals surface area contributed by atoms with E-state index in [0.717, 1.165) is 33.3 Å². The number of carbonyl (C=O) groups excluding carboxylic acids is 2. The van der Waals surface area contributed by atoms with Gasteiger partial charge in [0.1, 0.15) is 4.83 Å². The van der Waals surface area contributed by atoms with Crippen LogP contribution in [0.4, 0.5) is 10.5 Å². The van der Waals surface area contributed by atoms with Crippen LogP contribution in [0.1, 0.15) is 11.1 Å². The lowest BCUT2D eigenvalue weighted by molar-refractivity contribution is -0.117. The summed E-state index contributed by atoms with van der Waals surface area (Å²) in [5.41, 5.74) is 3.48. The van der Waals surface area contributed by atoms with Gasteiger partial charge in [0, 0.05) is 17.6 Å². The van der Waals surface area contributed by atoms with E-state index in [-0.39, 0.29) is 11.3 Å². The fraction of sp³-hybridized carbons (Fsp3) is 0.167. The van der Waals surface area contributed by atoms with Gasteiger partial charge in [-0.3, -0.25) is 19.5 Å². The molecule has 0 bridgehead atoms. The number of nitrogens with one attached hydrogen (secondary N) is 2. The maximum absolute atomic E-state index is 12.8. The molecule has 168 valence electrons. The molecule has 7 nitrogen and oxygen atoms in total. The van der Waals surface area contributed by atoms with Gasteiger partial charge >= 0.3 is 6.03 Å². The van der Waals surface area contributed by atoms with E-state index in [2.05, 4.69) is 15.6 Å². The van der Waals surface area contributed by atoms with Crippen molar-refractivity contribution >= 4 is 50.9 Å². The Hall–Kier alpha value is -3.43. The van der Waals surface area contributed by atoms with Crippen LogP contribution in [0.2, 0.25) is 0 Å². The second kappa shape index (κ2) is 9.60. The SMILES string of the molecule is Cc1ccc(NC(=O)NC(=O)CSc2nc3sc(-c4ccccc4)cc3c(=O)n2C)c(C)c1. The Bertz CT molecular complexity index is 1410. The number of anilines is 1. The summed E-state index contributed by atoms with van der Waals surface area (Å²) in [5, 5.41) is 5.96. The summed E-state index contributed by atoms with van der Waals surface area (Å²) in [6.45, 7) is 3.85. The molecule has 0 unspecified atom stereocenters. The highest BCUT2D eigenvalue weighted by Gasteiger charge is 2.15. The number of urea groups is 1. The van der Waals surface area contributed by atoms with E-state index in [4.69, 9.17) is 0 Å². The molecule has 0 spiro atoms. The number of aryl methyl sites for hydroxylation is 2. The lowest BCUT2D eigenvalue weighted by Gasteiger charge is -2.10. The fourth-order valence-corrected chi connectivity index (χ4v) is 5.17. The minimum atomic E-state index is -0.601. The third-order valence-corrected chi connectivity index (χ3v) is 7.11. The molecule has 0 atom stereocenters. The smallest absolute Gasteiger partial charge is 0.307 e. The van der Waals surface area contributed by atoms with Crippen molar-refractivity contribution in [3.05, 3.63) is 76.1 Å². The Morgan fingerprint density at radius 3 is 2.58 bits per heavy atom. The fourth-order valence-electron chi connectivity index (χ4n) is 3.32. The van der Waals surface area contributed by atoms with Crippen LogP contribution in [0.3, 0.4) is 0 Å². The van der Waals surface area contributed by atoms with Crippen molar-refractivity contribution < 1.29 is 9.59 Å². The van der Waals surface area contributed by atoms with Crippen LogP contribution in [-0.4, -0.2) is 27.2 Å². The van der Waals surface area contributed by atoms with Gasteiger partial charge in [-0.05, 0) is 37.1 Å². The molecule has 0 fully saturated rings. The zero-order chi connectivity index (χ0) is 23.5. The summed E-state index contributed by atoms with van der Waals surface area (Å²) in [7, 11) is 1.63. The summed E-state index contributed by atoms with van der Waals surface area (Å²) in [4.78, 5) is 43.5. The van der Waals surface area contributed by atoms with Crippen LogP contribution in [0, 0.1) is 13.8 Å². The number of imide groups is 1. The van der Waals surface area contributed by atoms with Crippen molar-refractivity contribution in [2.24, 2.45) is 7.05 Å². The summed E-state index contributed by atoms with van der Waals surface area (Å²) < 4.78 is 1.43. The van der Waals surface area contributed by atoms with Crippen molar-refractivity contribution in [1.82, 2.24) is 14.9 Å². The Morgan fingerprint density at radius 2 is 1.85 bits per heavy atom. The number of benzene rings is 2. The third-order valence-electron chi connectivity index (χ3n) is 5.01. The van der Waals surface area contributed by atoms with Crippen LogP contribution < -0.4 is 16.2 Å². The number of aromatic nitrogens is 2. The van der Waals surface area contributed by atoms with Gasteiger partial charge in [-0.2, -0.15) is 0 Å². The molecule has 2 N–H and O–H groups in total. The largest absolute Gasteiger partial charge is 0.325 e. The molecule has 3 amide bonds. The van der Waals surface area contributed by atoms with Crippen LogP contribution >= 0.6 is 23.1 Å². The first-order chi connectivity index (χ1) is 15.8. The number of hydrogen-bond acceptors (Lipinski definition) is 6. The Kier molecular flexibility index (Phi) is 6.62.